The summed E-state index contributed by atoms with van der Waals surface area (Å²) in [6.45, 7) is 2.04. The Labute approximate surface area is 159 Å². The smallest absolute Gasteiger partial charge is 0.303 e. The van der Waals surface area contributed by atoms with Crippen LogP contribution in [0.5, 0.6) is 0 Å². The van der Waals surface area contributed by atoms with Crippen LogP contribution < -0.4 is 5.32 Å². The van der Waals surface area contributed by atoms with Crippen LogP contribution in [0.1, 0.15) is 61.5 Å². The molecular weight excluding hydrogens is 342 g/mol. The first-order chi connectivity index (χ1) is 13.2. The number of hydrogen-bond donors (Lipinski definition) is 2. The second kappa shape index (κ2) is 8.21. The van der Waals surface area contributed by atoms with Crippen molar-refractivity contribution >= 4 is 5.97 Å². The largest absolute Gasteiger partial charge is 0.481 e. The zero-order valence-corrected chi connectivity index (χ0v) is 15.6. The molecular formula is C21H27N3O3. The van der Waals surface area contributed by atoms with E-state index in [-0.39, 0.29) is 6.42 Å². The van der Waals surface area contributed by atoms with E-state index in [1.807, 2.05) is 0 Å². The Morgan fingerprint density at radius 1 is 1.11 bits per heavy atom. The van der Waals surface area contributed by atoms with Crippen LogP contribution in [-0.2, 0) is 17.6 Å². The molecule has 0 amide bonds. The molecule has 4 rings (SSSR count). The summed E-state index contributed by atoms with van der Waals surface area (Å²) in [5.74, 6) is 1.46. The van der Waals surface area contributed by atoms with Crippen molar-refractivity contribution in [1.29, 1.82) is 0 Å². The molecule has 0 spiro atoms. The van der Waals surface area contributed by atoms with Crippen molar-refractivity contribution in [2.75, 3.05) is 13.1 Å². The molecule has 1 aliphatic carbocycles. The van der Waals surface area contributed by atoms with Gasteiger partial charge >= 0.3 is 5.97 Å². The molecule has 2 heterocycles. The predicted molar refractivity (Wildman–Crippen MR) is 102 cm³/mol. The average molecular weight is 369 g/mol. The minimum Gasteiger partial charge on any atom is -0.481 e. The number of aromatic nitrogens is 2. The van der Waals surface area contributed by atoms with E-state index in [1.165, 1.54) is 11.1 Å². The van der Waals surface area contributed by atoms with E-state index in [0.717, 1.165) is 69.5 Å². The van der Waals surface area contributed by atoms with Gasteiger partial charge in [0, 0.05) is 17.9 Å². The first-order valence-corrected chi connectivity index (χ1v) is 10.1. The summed E-state index contributed by atoms with van der Waals surface area (Å²) in [5, 5.41) is 20.9. The van der Waals surface area contributed by atoms with E-state index in [1.54, 1.807) is 0 Å². The van der Waals surface area contributed by atoms with Crippen molar-refractivity contribution in [1.82, 2.24) is 15.5 Å². The summed E-state index contributed by atoms with van der Waals surface area (Å²) < 4.78 is 6.03. The van der Waals surface area contributed by atoms with Gasteiger partial charge in [0.05, 0.1) is 0 Å². The van der Waals surface area contributed by atoms with Gasteiger partial charge in [-0.25, -0.2) is 0 Å². The van der Waals surface area contributed by atoms with E-state index < -0.39 is 5.97 Å². The number of aliphatic carboxylic acids is 1. The van der Waals surface area contributed by atoms with Gasteiger partial charge in [-0.15, -0.1) is 10.2 Å². The summed E-state index contributed by atoms with van der Waals surface area (Å²) in [5.41, 5.74) is 3.78. The van der Waals surface area contributed by atoms with Crippen molar-refractivity contribution in [3.8, 4) is 11.5 Å². The molecule has 0 saturated heterocycles. The fourth-order valence-electron chi connectivity index (χ4n) is 4.35. The number of carbonyl (C=O) groups is 1. The quantitative estimate of drug-likeness (QED) is 0.838. The lowest BCUT2D eigenvalue weighted by Gasteiger charge is -2.25. The molecule has 0 unspecified atom stereocenters. The molecule has 144 valence electrons. The van der Waals surface area contributed by atoms with Gasteiger partial charge in [-0.05, 0) is 87.2 Å². The molecule has 6 nitrogen and oxygen atoms in total. The maximum absolute atomic E-state index is 10.7. The molecule has 1 aromatic heterocycles. The predicted octanol–water partition coefficient (Wildman–Crippen LogP) is 3.56. The van der Waals surface area contributed by atoms with Crippen molar-refractivity contribution in [2.45, 2.75) is 57.3 Å². The van der Waals surface area contributed by atoms with Crippen LogP contribution in [0.25, 0.3) is 11.5 Å². The lowest BCUT2D eigenvalue weighted by molar-refractivity contribution is -0.137. The van der Waals surface area contributed by atoms with E-state index >= 15 is 0 Å². The SMILES string of the molecule is O=C(O)CCC1CCC(c2nnc(-c3ccc4c(c3)CCNCC4)o2)CC1. The van der Waals surface area contributed by atoms with Gasteiger partial charge in [0.15, 0.2) is 0 Å². The highest BCUT2D eigenvalue weighted by Gasteiger charge is 2.27. The molecule has 6 heteroatoms. The summed E-state index contributed by atoms with van der Waals surface area (Å²) in [4.78, 5) is 10.7. The number of fused-ring (bicyclic) bond motifs is 1. The number of benzene rings is 1. The Balaban J connectivity index is 1.41. The zero-order valence-electron chi connectivity index (χ0n) is 15.6. The first kappa shape index (κ1) is 18.2. The highest BCUT2D eigenvalue weighted by molar-refractivity contribution is 5.66. The molecule has 27 heavy (non-hydrogen) atoms. The van der Waals surface area contributed by atoms with Crippen molar-refractivity contribution in [3.05, 3.63) is 35.2 Å². The van der Waals surface area contributed by atoms with Crippen molar-refractivity contribution in [3.63, 3.8) is 0 Å². The van der Waals surface area contributed by atoms with E-state index in [2.05, 4.69) is 33.7 Å². The highest BCUT2D eigenvalue weighted by atomic mass is 16.4. The molecule has 0 atom stereocenters. The van der Waals surface area contributed by atoms with Gasteiger partial charge in [-0.2, -0.15) is 0 Å². The minimum atomic E-state index is -0.699. The Morgan fingerprint density at radius 2 is 1.89 bits per heavy atom. The summed E-state index contributed by atoms with van der Waals surface area (Å²) in [6.07, 6.45) is 7.24. The van der Waals surface area contributed by atoms with Gasteiger partial charge in [-0.3, -0.25) is 4.79 Å². The lowest BCUT2D eigenvalue weighted by Crippen LogP contribution is -2.16. The maximum atomic E-state index is 10.7. The van der Waals surface area contributed by atoms with Gasteiger partial charge < -0.3 is 14.8 Å². The molecule has 2 aromatic rings. The van der Waals surface area contributed by atoms with Crippen LogP contribution in [0.15, 0.2) is 22.6 Å². The Morgan fingerprint density at radius 3 is 2.67 bits per heavy atom. The van der Waals surface area contributed by atoms with Crippen molar-refractivity contribution < 1.29 is 14.3 Å². The molecule has 0 radical (unpaired) electrons. The topological polar surface area (TPSA) is 88.2 Å². The summed E-state index contributed by atoms with van der Waals surface area (Å²) >= 11 is 0. The second-order valence-electron chi connectivity index (χ2n) is 7.83. The number of hydrogen-bond acceptors (Lipinski definition) is 5. The molecule has 2 N–H and O–H groups in total. The Kier molecular flexibility index (Phi) is 5.53. The third-order valence-electron chi connectivity index (χ3n) is 6.00. The average Bonchev–Trinajstić information content (AvgIpc) is 3.06. The molecule has 1 aromatic carbocycles. The zero-order chi connectivity index (χ0) is 18.6. The van der Waals surface area contributed by atoms with Gasteiger partial charge in [0.2, 0.25) is 11.8 Å². The monoisotopic (exact) mass is 369 g/mol. The number of nitrogens with one attached hydrogen (secondary N) is 1. The highest BCUT2D eigenvalue weighted by Crippen LogP contribution is 2.37. The standard InChI is InChI=1S/C21H27N3O3/c25-19(26)8-3-14-1-4-16(5-2-14)20-23-24-21(27-20)18-7-6-15-9-11-22-12-10-17(15)13-18/h6-7,13-14,16,22H,1-5,8-12H2,(H,25,26). The van der Waals surface area contributed by atoms with Crippen LogP contribution in [0.2, 0.25) is 0 Å². The number of carboxylic acid groups (broad SMARTS) is 1. The van der Waals surface area contributed by atoms with Gasteiger partial charge in [-0.1, -0.05) is 6.07 Å². The Hall–Kier alpha value is -2.21. The lowest BCUT2D eigenvalue weighted by atomic mass is 9.80. The van der Waals surface area contributed by atoms with Crippen molar-refractivity contribution in [2.24, 2.45) is 5.92 Å². The number of carboxylic acids is 1. The third kappa shape index (κ3) is 4.38. The van der Waals surface area contributed by atoms with Crippen LogP contribution in [0, 0.1) is 5.92 Å². The minimum absolute atomic E-state index is 0.272. The summed E-state index contributed by atoms with van der Waals surface area (Å²) in [6, 6.07) is 6.47. The third-order valence-corrected chi connectivity index (χ3v) is 6.00. The fraction of sp³-hybridized carbons (Fsp3) is 0.571. The Bertz CT molecular complexity index is 794. The molecule has 2 aliphatic rings. The normalized spacial score (nSPS) is 22.8. The maximum Gasteiger partial charge on any atom is 0.303 e. The second-order valence-corrected chi connectivity index (χ2v) is 7.83. The first-order valence-electron chi connectivity index (χ1n) is 10.1. The van der Waals surface area contributed by atoms with Gasteiger partial charge in [0.25, 0.3) is 0 Å². The van der Waals surface area contributed by atoms with E-state index in [9.17, 15) is 4.79 Å². The van der Waals surface area contributed by atoms with Crippen LogP contribution >= 0.6 is 0 Å². The molecule has 1 aliphatic heterocycles. The molecule has 1 fully saturated rings. The van der Waals surface area contributed by atoms with Crippen LogP contribution in [0.4, 0.5) is 0 Å². The van der Waals surface area contributed by atoms with E-state index in [4.69, 9.17) is 9.52 Å². The fourth-order valence-corrected chi connectivity index (χ4v) is 4.35. The van der Waals surface area contributed by atoms with Crippen LogP contribution in [0.3, 0.4) is 0 Å². The number of nitrogens with zero attached hydrogens (tertiary/aromatic N) is 2. The molecule has 0 bridgehead atoms. The molecule has 1 saturated carbocycles. The van der Waals surface area contributed by atoms with Crippen LogP contribution in [-0.4, -0.2) is 34.4 Å². The van der Waals surface area contributed by atoms with Gasteiger partial charge in [0.1, 0.15) is 0 Å². The van der Waals surface area contributed by atoms with E-state index in [0.29, 0.717) is 17.7 Å². The summed E-state index contributed by atoms with van der Waals surface area (Å²) in [7, 11) is 0. The number of rotatable bonds is 5.